The number of hydrogen-bond acceptors (Lipinski definition) is 9. The van der Waals surface area contributed by atoms with Crippen molar-refractivity contribution in [3.63, 3.8) is 0 Å². The number of aliphatic hydroxyl groups excluding tert-OH is 2. The summed E-state index contributed by atoms with van der Waals surface area (Å²) in [5.41, 5.74) is 6.40. The first-order valence-corrected chi connectivity index (χ1v) is 18.5. The monoisotopic (exact) mass is 700 g/mol. The number of benzene rings is 2. The van der Waals surface area contributed by atoms with Gasteiger partial charge in [0.25, 0.3) is 5.91 Å². The van der Waals surface area contributed by atoms with E-state index in [2.05, 4.69) is 55.7 Å². The number of anilines is 1. The molecular formula is C40H56N6O5. The van der Waals surface area contributed by atoms with Gasteiger partial charge in [0.05, 0.1) is 36.6 Å². The summed E-state index contributed by atoms with van der Waals surface area (Å²) >= 11 is 0. The number of fused-ring (bicyclic) bond motifs is 1. The molecule has 1 amide bonds. The standard InChI is InChI=1S/C40H56N6O5/c1-6-9-17-51-36-14-13-28(21-30(36)26-47)35(48)25-42-40(4,5)22-27-11-10-12-29(20-27)39(49)41-23-32-34(7-2)45-38-33(24-43-46(38)8-3)37(32)44-31-15-18-50-19-16-31/h10-14,20-21,24,31,35,42,47-48H,6-9,15-19,22-23,25-26H2,1-5H3,(H,41,49)(H,44,45)/t35-/m0/s1. The van der Waals surface area contributed by atoms with Gasteiger partial charge < -0.3 is 35.6 Å². The second kappa shape index (κ2) is 17.9. The van der Waals surface area contributed by atoms with Crippen molar-refractivity contribution < 1.29 is 24.5 Å². The molecule has 0 unspecified atom stereocenters. The Balaban J connectivity index is 1.24. The second-order valence-electron chi connectivity index (χ2n) is 14.1. The fraction of sp³-hybridized carbons (Fsp3) is 0.525. The Labute approximate surface area is 302 Å². The van der Waals surface area contributed by atoms with Crippen LogP contribution in [0.4, 0.5) is 5.69 Å². The quantitative estimate of drug-likeness (QED) is 0.0809. The SMILES string of the molecule is CCCCOc1ccc([C@@H](O)CNC(C)(C)Cc2cccc(C(=O)NCc3c(CC)nc4c(cnn4CC)c3NC3CCOCC3)c2)cc1CO. The van der Waals surface area contributed by atoms with Crippen LogP contribution in [0.15, 0.2) is 48.7 Å². The average Bonchev–Trinajstić information content (AvgIpc) is 3.56. The van der Waals surface area contributed by atoms with Gasteiger partial charge in [0.1, 0.15) is 5.75 Å². The molecular weight excluding hydrogens is 644 g/mol. The molecule has 0 aliphatic carbocycles. The number of rotatable bonds is 18. The van der Waals surface area contributed by atoms with Crippen LogP contribution in [-0.4, -0.2) is 68.8 Å². The minimum atomic E-state index is -0.764. The lowest BCUT2D eigenvalue weighted by Crippen LogP contribution is -2.43. The van der Waals surface area contributed by atoms with Gasteiger partial charge in [0.2, 0.25) is 0 Å². The molecule has 3 heterocycles. The van der Waals surface area contributed by atoms with E-state index in [1.807, 2.05) is 53.3 Å². The maximum Gasteiger partial charge on any atom is 0.251 e. The first-order chi connectivity index (χ1) is 24.7. The highest BCUT2D eigenvalue weighted by atomic mass is 16.5. The van der Waals surface area contributed by atoms with Crippen molar-refractivity contribution >= 4 is 22.6 Å². The highest BCUT2D eigenvalue weighted by molar-refractivity contribution is 5.95. The number of hydrogen-bond donors (Lipinski definition) is 5. The van der Waals surface area contributed by atoms with Gasteiger partial charge in [-0.05, 0) is 88.3 Å². The first-order valence-electron chi connectivity index (χ1n) is 18.5. The third-order valence-corrected chi connectivity index (χ3v) is 9.61. The molecule has 51 heavy (non-hydrogen) atoms. The van der Waals surface area contributed by atoms with Gasteiger partial charge in [-0.25, -0.2) is 9.67 Å². The average molecular weight is 701 g/mol. The summed E-state index contributed by atoms with van der Waals surface area (Å²) in [4.78, 5) is 18.6. The van der Waals surface area contributed by atoms with Crippen LogP contribution in [0.2, 0.25) is 0 Å². The molecule has 1 fully saturated rings. The van der Waals surface area contributed by atoms with Gasteiger partial charge in [0.15, 0.2) is 5.65 Å². The Hall–Kier alpha value is -4.03. The van der Waals surface area contributed by atoms with Gasteiger partial charge in [-0.15, -0.1) is 0 Å². The van der Waals surface area contributed by atoms with Crippen molar-refractivity contribution in [3.05, 3.63) is 82.2 Å². The number of amides is 1. The van der Waals surface area contributed by atoms with Crippen molar-refractivity contribution in [2.45, 2.75) is 111 Å². The van der Waals surface area contributed by atoms with Crippen LogP contribution in [0.3, 0.4) is 0 Å². The predicted octanol–water partition coefficient (Wildman–Crippen LogP) is 5.85. The number of aliphatic hydroxyl groups is 2. The predicted molar refractivity (Wildman–Crippen MR) is 201 cm³/mol. The highest BCUT2D eigenvalue weighted by Gasteiger charge is 2.24. The smallest absolute Gasteiger partial charge is 0.251 e. The molecule has 2 aromatic heterocycles. The number of carbonyl (C=O) groups excluding carboxylic acids is 1. The minimum Gasteiger partial charge on any atom is -0.493 e. The Morgan fingerprint density at radius 3 is 2.67 bits per heavy atom. The van der Waals surface area contributed by atoms with Crippen LogP contribution in [0, 0.1) is 0 Å². The molecule has 5 N–H and O–H groups in total. The number of β-amino-alcohol motifs (C(OH)–C–C–N with tert-alkyl or cyclic N) is 1. The maximum atomic E-state index is 13.6. The summed E-state index contributed by atoms with van der Waals surface area (Å²) in [5, 5.41) is 36.9. The number of aromatic nitrogens is 3. The summed E-state index contributed by atoms with van der Waals surface area (Å²) < 4.78 is 13.3. The van der Waals surface area contributed by atoms with Crippen molar-refractivity contribution in [2.75, 3.05) is 31.7 Å². The molecule has 0 bridgehead atoms. The summed E-state index contributed by atoms with van der Waals surface area (Å²) in [7, 11) is 0. The van der Waals surface area contributed by atoms with Crippen molar-refractivity contribution in [3.8, 4) is 5.75 Å². The summed E-state index contributed by atoms with van der Waals surface area (Å²) in [6.45, 7) is 13.7. The molecule has 1 aliphatic heterocycles. The van der Waals surface area contributed by atoms with Gasteiger partial charge in [-0.3, -0.25) is 4.79 Å². The Morgan fingerprint density at radius 1 is 1.14 bits per heavy atom. The van der Waals surface area contributed by atoms with Crippen LogP contribution in [0.5, 0.6) is 5.75 Å². The van der Waals surface area contributed by atoms with E-state index in [0.29, 0.717) is 43.0 Å². The fourth-order valence-electron chi connectivity index (χ4n) is 6.65. The van der Waals surface area contributed by atoms with Crippen LogP contribution in [-0.2, 0) is 37.3 Å². The van der Waals surface area contributed by atoms with E-state index in [0.717, 1.165) is 91.0 Å². The number of unbranched alkanes of at least 4 members (excludes halogenated alkanes) is 1. The van der Waals surface area contributed by atoms with E-state index in [1.165, 1.54) is 0 Å². The summed E-state index contributed by atoms with van der Waals surface area (Å²) in [5.74, 6) is 0.502. The van der Waals surface area contributed by atoms with E-state index in [-0.39, 0.29) is 24.1 Å². The minimum absolute atomic E-state index is 0.150. The first kappa shape index (κ1) is 38.2. The van der Waals surface area contributed by atoms with Crippen LogP contribution < -0.4 is 20.7 Å². The van der Waals surface area contributed by atoms with Gasteiger partial charge in [0, 0.05) is 66.8 Å². The van der Waals surface area contributed by atoms with Crippen molar-refractivity contribution in [2.24, 2.45) is 0 Å². The van der Waals surface area contributed by atoms with Crippen LogP contribution >= 0.6 is 0 Å². The van der Waals surface area contributed by atoms with Gasteiger partial charge in [-0.1, -0.05) is 38.5 Å². The topological polar surface area (TPSA) is 143 Å². The fourth-order valence-corrected chi connectivity index (χ4v) is 6.65. The zero-order valence-electron chi connectivity index (χ0n) is 30.9. The lowest BCUT2D eigenvalue weighted by Gasteiger charge is -2.28. The summed E-state index contributed by atoms with van der Waals surface area (Å²) in [6.07, 6.45) is 6.30. The molecule has 1 aliphatic rings. The maximum absolute atomic E-state index is 13.6. The van der Waals surface area contributed by atoms with Crippen molar-refractivity contribution in [1.29, 1.82) is 0 Å². The van der Waals surface area contributed by atoms with Gasteiger partial charge >= 0.3 is 0 Å². The van der Waals surface area contributed by atoms with Crippen molar-refractivity contribution in [1.82, 2.24) is 25.4 Å². The zero-order valence-corrected chi connectivity index (χ0v) is 30.9. The zero-order chi connectivity index (χ0) is 36.4. The molecule has 11 heteroatoms. The Bertz CT molecular complexity index is 1750. The molecule has 5 rings (SSSR count). The second-order valence-corrected chi connectivity index (χ2v) is 14.1. The lowest BCUT2D eigenvalue weighted by molar-refractivity contribution is 0.0904. The molecule has 11 nitrogen and oxygen atoms in total. The van der Waals surface area contributed by atoms with Crippen LogP contribution in [0.1, 0.15) is 105 Å². The van der Waals surface area contributed by atoms with E-state index in [9.17, 15) is 15.0 Å². The van der Waals surface area contributed by atoms with Gasteiger partial charge in [-0.2, -0.15) is 5.10 Å². The number of nitrogens with one attached hydrogen (secondary N) is 3. The number of carbonyl (C=O) groups is 1. The molecule has 1 saturated heterocycles. The molecule has 0 saturated carbocycles. The largest absolute Gasteiger partial charge is 0.493 e. The van der Waals surface area contributed by atoms with E-state index in [4.69, 9.17) is 14.5 Å². The number of ether oxygens (including phenoxy) is 2. The van der Waals surface area contributed by atoms with E-state index >= 15 is 0 Å². The highest BCUT2D eigenvalue weighted by Crippen LogP contribution is 2.31. The Morgan fingerprint density at radius 2 is 1.94 bits per heavy atom. The lowest BCUT2D eigenvalue weighted by atomic mass is 9.93. The molecule has 2 aromatic carbocycles. The third kappa shape index (κ3) is 9.85. The molecule has 276 valence electrons. The Kier molecular flexibility index (Phi) is 13.4. The number of nitrogens with zero attached hydrogens (tertiary/aromatic N) is 3. The summed E-state index contributed by atoms with van der Waals surface area (Å²) in [6, 6.07) is 13.5. The molecule has 0 spiro atoms. The molecule has 1 atom stereocenters. The van der Waals surface area contributed by atoms with E-state index in [1.54, 1.807) is 0 Å². The third-order valence-electron chi connectivity index (χ3n) is 9.61. The normalized spacial score (nSPS) is 14.5. The number of aryl methyl sites for hydroxylation is 2. The molecule has 4 aromatic rings. The number of pyridine rings is 1. The van der Waals surface area contributed by atoms with Crippen LogP contribution in [0.25, 0.3) is 11.0 Å². The molecule has 0 radical (unpaired) electrons. The van der Waals surface area contributed by atoms with E-state index < -0.39 is 6.10 Å².